The number of rotatable bonds is 3. The van der Waals surface area contributed by atoms with E-state index in [9.17, 15) is 4.79 Å². The van der Waals surface area contributed by atoms with Gasteiger partial charge in [-0.3, -0.25) is 9.78 Å². The van der Waals surface area contributed by atoms with E-state index in [4.69, 9.17) is 23.2 Å². The Balaban J connectivity index is 1.46. The SMILES string of the molecule is Cc1ccc(Cl)c(C(=O)N2CCC(Nc3cnc4cc(Cl)ccc4n3)C2)c1. The summed E-state index contributed by atoms with van der Waals surface area (Å²) >= 11 is 12.2. The fourth-order valence-electron chi connectivity index (χ4n) is 3.30. The summed E-state index contributed by atoms with van der Waals surface area (Å²) < 4.78 is 0. The number of carbonyl (C=O) groups is 1. The second-order valence-electron chi connectivity index (χ2n) is 6.75. The van der Waals surface area contributed by atoms with Crippen molar-refractivity contribution in [2.75, 3.05) is 18.4 Å². The quantitative estimate of drug-likeness (QED) is 0.699. The number of anilines is 1. The number of likely N-dealkylation sites (tertiary alicyclic amines) is 1. The minimum atomic E-state index is -0.0350. The molecule has 1 aliphatic heterocycles. The molecule has 1 N–H and O–H groups in total. The molecule has 4 rings (SSSR count). The van der Waals surface area contributed by atoms with E-state index in [1.54, 1.807) is 24.4 Å². The summed E-state index contributed by atoms with van der Waals surface area (Å²) in [6.45, 7) is 3.23. The Hall–Kier alpha value is -2.37. The topological polar surface area (TPSA) is 58.1 Å². The minimum absolute atomic E-state index is 0.0350. The van der Waals surface area contributed by atoms with E-state index < -0.39 is 0 Å². The molecule has 0 saturated carbocycles. The van der Waals surface area contributed by atoms with Gasteiger partial charge in [-0.15, -0.1) is 0 Å². The maximum Gasteiger partial charge on any atom is 0.255 e. The van der Waals surface area contributed by atoms with Gasteiger partial charge in [-0.2, -0.15) is 0 Å². The third-order valence-electron chi connectivity index (χ3n) is 4.68. The predicted molar refractivity (Wildman–Crippen MR) is 109 cm³/mol. The first kappa shape index (κ1) is 18.0. The largest absolute Gasteiger partial charge is 0.364 e. The lowest BCUT2D eigenvalue weighted by molar-refractivity contribution is 0.0791. The third kappa shape index (κ3) is 3.84. The molecule has 1 unspecified atom stereocenters. The molecule has 1 aliphatic rings. The summed E-state index contributed by atoms with van der Waals surface area (Å²) in [4.78, 5) is 23.6. The molecule has 2 aromatic carbocycles. The van der Waals surface area contributed by atoms with Crippen molar-refractivity contribution in [3.63, 3.8) is 0 Å². The van der Waals surface area contributed by atoms with E-state index in [0.29, 0.717) is 34.5 Å². The van der Waals surface area contributed by atoms with E-state index in [1.807, 2.05) is 30.0 Å². The Kier molecular flexibility index (Phi) is 4.89. The van der Waals surface area contributed by atoms with Gasteiger partial charge < -0.3 is 10.2 Å². The molecule has 1 aromatic heterocycles. The highest BCUT2D eigenvalue weighted by Crippen LogP contribution is 2.23. The number of carbonyl (C=O) groups excluding carboxylic acids is 1. The lowest BCUT2D eigenvalue weighted by Crippen LogP contribution is -2.32. The fraction of sp³-hybridized carbons (Fsp3) is 0.250. The van der Waals surface area contributed by atoms with Crippen LogP contribution in [0, 0.1) is 6.92 Å². The van der Waals surface area contributed by atoms with Crippen LogP contribution >= 0.6 is 23.2 Å². The highest BCUT2D eigenvalue weighted by molar-refractivity contribution is 6.33. The zero-order valence-electron chi connectivity index (χ0n) is 14.7. The molecule has 138 valence electrons. The maximum absolute atomic E-state index is 12.8. The van der Waals surface area contributed by atoms with Crippen molar-refractivity contribution in [3.8, 4) is 0 Å². The van der Waals surface area contributed by atoms with Gasteiger partial charge in [-0.25, -0.2) is 4.98 Å². The highest BCUT2D eigenvalue weighted by atomic mass is 35.5. The summed E-state index contributed by atoms with van der Waals surface area (Å²) in [5, 5.41) is 4.50. The smallest absolute Gasteiger partial charge is 0.255 e. The van der Waals surface area contributed by atoms with Crippen LogP contribution in [0.1, 0.15) is 22.3 Å². The average Bonchev–Trinajstić information content (AvgIpc) is 3.12. The molecule has 1 saturated heterocycles. The van der Waals surface area contributed by atoms with E-state index in [1.165, 1.54) is 0 Å². The molecule has 27 heavy (non-hydrogen) atoms. The van der Waals surface area contributed by atoms with Crippen LogP contribution in [0.4, 0.5) is 5.82 Å². The second kappa shape index (κ2) is 7.33. The Bertz CT molecular complexity index is 1020. The molecule has 5 nitrogen and oxygen atoms in total. The van der Waals surface area contributed by atoms with E-state index in [2.05, 4.69) is 15.3 Å². The Morgan fingerprint density at radius 2 is 2.04 bits per heavy atom. The summed E-state index contributed by atoms with van der Waals surface area (Å²) in [6.07, 6.45) is 2.54. The van der Waals surface area contributed by atoms with E-state index in [-0.39, 0.29) is 11.9 Å². The van der Waals surface area contributed by atoms with Crippen LogP contribution in [0.3, 0.4) is 0 Å². The van der Waals surface area contributed by atoms with Crippen molar-refractivity contribution < 1.29 is 4.79 Å². The number of benzene rings is 2. The zero-order valence-corrected chi connectivity index (χ0v) is 16.3. The van der Waals surface area contributed by atoms with Gasteiger partial charge in [0.05, 0.1) is 27.8 Å². The summed E-state index contributed by atoms with van der Waals surface area (Å²) in [5.74, 6) is 0.657. The molecule has 7 heteroatoms. The van der Waals surface area contributed by atoms with Crippen LogP contribution in [0.5, 0.6) is 0 Å². The maximum atomic E-state index is 12.8. The molecule has 1 fully saturated rings. The molecule has 0 aliphatic carbocycles. The number of aryl methyl sites for hydroxylation is 1. The lowest BCUT2D eigenvalue weighted by atomic mass is 10.1. The minimum Gasteiger partial charge on any atom is -0.364 e. The van der Waals surface area contributed by atoms with Gasteiger partial charge in [-0.05, 0) is 43.7 Å². The first-order valence-electron chi connectivity index (χ1n) is 8.74. The zero-order chi connectivity index (χ0) is 19.0. The monoisotopic (exact) mass is 400 g/mol. The number of amides is 1. The number of halogens is 2. The van der Waals surface area contributed by atoms with Crippen molar-refractivity contribution in [1.82, 2.24) is 14.9 Å². The van der Waals surface area contributed by atoms with Crippen LogP contribution in [-0.2, 0) is 0 Å². The molecule has 0 radical (unpaired) electrons. The standard InChI is InChI=1S/C20H18Cl2N4O/c1-12-2-4-16(22)15(8-12)20(27)26-7-6-14(11-26)24-19-10-23-18-9-13(21)3-5-17(18)25-19/h2-5,8-10,14H,6-7,11H2,1H3,(H,24,25). The van der Waals surface area contributed by atoms with Gasteiger partial charge >= 0.3 is 0 Å². The highest BCUT2D eigenvalue weighted by Gasteiger charge is 2.28. The van der Waals surface area contributed by atoms with Gasteiger partial charge in [0.1, 0.15) is 5.82 Å². The molecule has 1 amide bonds. The van der Waals surface area contributed by atoms with Crippen molar-refractivity contribution in [2.45, 2.75) is 19.4 Å². The van der Waals surface area contributed by atoms with Crippen LogP contribution in [0.25, 0.3) is 11.0 Å². The molecule has 3 aromatic rings. The Morgan fingerprint density at radius 1 is 1.19 bits per heavy atom. The van der Waals surface area contributed by atoms with Crippen molar-refractivity contribution in [3.05, 3.63) is 63.8 Å². The second-order valence-corrected chi connectivity index (χ2v) is 7.60. The Labute approximate surface area is 167 Å². The average molecular weight is 401 g/mol. The van der Waals surface area contributed by atoms with E-state index >= 15 is 0 Å². The number of hydrogen-bond donors (Lipinski definition) is 1. The van der Waals surface area contributed by atoms with Crippen molar-refractivity contribution in [1.29, 1.82) is 0 Å². The van der Waals surface area contributed by atoms with Gasteiger partial charge in [0.15, 0.2) is 0 Å². The molecular formula is C20H18Cl2N4O. The molecular weight excluding hydrogens is 383 g/mol. The Morgan fingerprint density at radius 3 is 2.89 bits per heavy atom. The van der Waals surface area contributed by atoms with Crippen LogP contribution < -0.4 is 5.32 Å². The molecule has 2 heterocycles. The normalized spacial score (nSPS) is 16.7. The van der Waals surface area contributed by atoms with Gasteiger partial charge in [0.25, 0.3) is 5.91 Å². The number of fused-ring (bicyclic) bond motifs is 1. The van der Waals surface area contributed by atoms with Crippen LogP contribution in [0.15, 0.2) is 42.6 Å². The van der Waals surface area contributed by atoms with Crippen LogP contribution in [0.2, 0.25) is 10.0 Å². The number of aromatic nitrogens is 2. The summed E-state index contributed by atoms with van der Waals surface area (Å²) in [6, 6.07) is 11.1. The van der Waals surface area contributed by atoms with Gasteiger partial charge in [0, 0.05) is 24.2 Å². The summed E-state index contributed by atoms with van der Waals surface area (Å²) in [7, 11) is 0. The number of hydrogen-bond acceptors (Lipinski definition) is 4. The third-order valence-corrected chi connectivity index (χ3v) is 5.25. The lowest BCUT2D eigenvalue weighted by Gasteiger charge is -2.18. The first-order chi connectivity index (χ1) is 13.0. The van der Waals surface area contributed by atoms with E-state index in [0.717, 1.165) is 23.0 Å². The molecule has 1 atom stereocenters. The molecule has 0 bridgehead atoms. The first-order valence-corrected chi connectivity index (χ1v) is 9.49. The summed E-state index contributed by atoms with van der Waals surface area (Å²) in [5.41, 5.74) is 3.11. The van der Waals surface area contributed by atoms with Crippen molar-refractivity contribution in [2.24, 2.45) is 0 Å². The number of nitrogens with zero attached hydrogens (tertiary/aromatic N) is 3. The van der Waals surface area contributed by atoms with Gasteiger partial charge in [-0.1, -0.05) is 34.8 Å². The number of nitrogens with one attached hydrogen (secondary N) is 1. The predicted octanol–water partition coefficient (Wildman–Crippen LogP) is 4.57. The van der Waals surface area contributed by atoms with Crippen molar-refractivity contribution >= 4 is 46.0 Å². The molecule has 0 spiro atoms. The fourth-order valence-corrected chi connectivity index (χ4v) is 3.66. The van der Waals surface area contributed by atoms with Crippen LogP contribution in [-0.4, -0.2) is 39.9 Å². The van der Waals surface area contributed by atoms with Gasteiger partial charge in [0.2, 0.25) is 0 Å².